The highest BCUT2D eigenvalue weighted by Gasteiger charge is 2.37. The second-order valence-corrected chi connectivity index (χ2v) is 16.2. The Bertz CT molecular complexity index is 2570. The minimum atomic E-state index is -1.59. The van der Waals surface area contributed by atoms with Crippen LogP contribution in [0.25, 0.3) is 21.7 Å². The van der Waals surface area contributed by atoms with E-state index < -0.39 is 71.9 Å². The smallest absolute Gasteiger partial charge is 0.408 e. The normalized spacial score (nSPS) is 13.2. The number of alkyl carbamates (subject to hydrolysis) is 1. The Labute approximate surface area is 365 Å². The third-order valence-corrected chi connectivity index (χ3v) is 10.4. The second kappa shape index (κ2) is 20.4. The van der Waals surface area contributed by atoms with E-state index in [1.807, 2.05) is 72.8 Å². The number of nitrogens with zero attached hydrogens (tertiary/aromatic N) is 1. The van der Waals surface area contributed by atoms with Crippen molar-refractivity contribution in [2.24, 2.45) is 5.73 Å². The van der Waals surface area contributed by atoms with Gasteiger partial charge >= 0.3 is 12.1 Å². The van der Waals surface area contributed by atoms with Crippen LogP contribution in [0.4, 0.5) is 4.79 Å². The Hall–Kier alpha value is -7.48. The summed E-state index contributed by atoms with van der Waals surface area (Å²) >= 11 is 0. The van der Waals surface area contributed by atoms with E-state index >= 15 is 0 Å². The van der Waals surface area contributed by atoms with E-state index in [1.54, 1.807) is 81.6 Å². The molecule has 0 aliphatic rings. The summed E-state index contributed by atoms with van der Waals surface area (Å²) in [5.74, 6) is -4.01. The molecule has 14 heteroatoms. The lowest BCUT2D eigenvalue weighted by atomic mass is 9.98. The van der Waals surface area contributed by atoms with Crippen LogP contribution in [0.5, 0.6) is 0 Å². The quantitative estimate of drug-likeness (QED) is 0.0710. The molecule has 6 rings (SSSR count). The molecule has 0 aliphatic heterocycles. The molecule has 63 heavy (non-hydrogen) atoms. The highest BCUT2D eigenvalue weighted by Crippen LogP contribution is 2.25. The van der Waals surface area contributed by atoms with E-state index in [4.69, 9.17) is 15.2 Å². The minimum absolute atomic E-state index is 0.0217. The lowest BCUT2D eigenvalue weighted by molar-refractivity contribution is -0.148. The number of nitrogens with two attached hydrogens (primary N) is 1. The highest BCUT2D eigenvalue weighted by molar-refractivity contribution is 5.97. The van der Waals surface area contributed by atoms with Crippen LogP contribution in [0.2, 0.25) is 0 Å². The molecule has 5 amide bonds. The number of H-pyrrole nitrogens is 1. The number of carbonyl (C=O) groups is 6. The van der Waals surface area contributed by atoms with E-state index in [-0.39, 0.29) is 19.4 Å². The number of hydrogen-bond donors (Lipinski definition) is 5. The van der Waals surface area contributed by atoms with Crippen LogP contribution < -0.4 is 21.7 Å². The molecule has 0 saturated heterocycles. The topological polar surface area (TPSA) is 202 Å². The van der Waals surface area contributed by atoms with Crippen molar-refractivity contribution in [1.29, 1.82) is 0 Å². The molecule has 5 aromatic carbocycles. The van der Waals surface area contributed by atoms with E-state index in [0.29, 0.717) is 11.1 Å². The fraction of sp³-hybridized carbons (Fsp3) is 0.265. The van der Waals surface area contributed by atoms with Gasteiger partial charge in [0.05, 0.1) is 6.42 Å². The predicted molar refractivity (Wildman–Crippen MR) is 239 cm³/mol. The molecular formula is C49H52N6O8. The van der Waals surface area contributed by atoms with E-state index in [0.717, 1.165) is 32.8 Å². The van der Waals surface area contributed by atoms with Gasteiger partial charge in [0, 0.05) is 37.0 Å². The number of aromatic amines is 1. The van der Waals surface area contributed by atoms with Gasteiger partial charge in [-0.3, -0.25) is 24.0 Å². The van der Waals surface area contributed by atoms with Crippen LogP contribution in [0, 0.1) is 0 Å². The maximum atomic E-state index is 14.7. The van der Waals surface area contributed by atoms with Gasteiger partial charge in [-0.1, -0.05) is 121 Å². The van der Waals surface area contributed by atoms with Gasteiger partial charge in [-0.05, 0) is 59.9 Å². The molecule has 1 heterocycles. The molecule has 0 aliphatic carbocycles. The maximum absolute atomic E-state index is 14.7. The first-order chi connectivity index (χ1) is 30.2. The van der Waals surface area contributed by atoms with Gasteiger partial charge in [-0.25, -0.2) is 4.79 Å². The number of hydrogen-bond acceptors (Lipinski definition) is 8. The molecule has 6 N–H and O–H groups in total. The van der Waals surface area contributed by atoms with Gasteiger partial charge < -0.3 is 41.0 Å². The number of amides is 5. The highest BCUT2D eigenvalue weighted by atomic mass is 16.6. The van der Waals surface area contributed by atoms with Gasteiger partial charge in [-0.15, -0.1) is 0 Å². The average Bonchev–Trinajstić information content (AvgIpc) is 3.67. The van der Waals surface area contributed by atoms with E-state index in [2.05, 4.69) is 20.9 Å². The van der Waals surface area contributed by atoms with Crippen LogP contribution in [0.3, 0.4) is 0 Å². The summed E-state index contributed by atoms with van der Waals surface area (Å²) in [5.41, 5.74) is 8.33. The number of fused-ring (bicyclic) bond motifs is 2. The summed E-state index contributed by atoms with van der Waals surface area (Å²) in [6.07, 6.45) is 0.329. The third kappa shape index (κ3) is 12.1. The number of para-hydroxylation sites is 1. The summed E-state index contributed by atoms with van der Waals surface area (Å²) in [7, 11) is 1.41. The molecule has 326 valence electrons. The van der Waals surface area contributed by atoms with E-state index in [1.165, 1.54) is 11.9 Å². The second-order valence-electron chi connectivity index (χ2n) is 16.2. The fourth-order valence-corrected chi connectivity index (χ4v) is 7.34. The fourth-order valence-electron chi connectivity index (χ4n) is 7.34. The first-order valence-electron chi connectivity index (χ1n) is 20.6. The molecule has 14 nitrogen and oxygen atoms in total. The number of carbonyl (C=O) groups excluding carboxylic acids is 6. The average molecular weight is 853 g/mol. The number of benzene rings is 5. The Kier molecular flexibility index (Phi) is 14.6. The van der Waals surface area contributed by atoms with Crippen LogP contribution in [0.15, 0.2) is 134 Å². The van der Waals surface area contributed by atoms with Gasteiger partial charge in [0.25, 0.3) is 0 Å². The summed E-state index contributed by atoms with van der Waals surface area (Å²) in [6, 6.07) is 32.5. The lowest BCUT2D eigenvalue weighted by Crippen LogP contribution is -2.57. The molecule has 0 unspecified atom stereocenters. The van der Waals surface area contributed by atoms with Gasteiger partial charge in [0.1, 0.15) is 36.4 Å². The first kappa shape index (κ1) is 45.1. The first-order valence-corrected chi connectivity index (χ1v) is 20.6. The SMILES string of the molecule is CN(C(=O)[C@H](Cc1c[nH]c2ccccc12)NC(=O)OC(C)(C)C)[C@H](C(=O)N[C@@H](CC(=O)OCc1ccccc1)C(=O)N[C@@H](Cc1cccc2ccccc12)C(N)=O)c1ccccc1. The molecule has 0 bridgehead atoms. The van der Waals surface area contributed by atoms with Gasteiger partial charge in [0.15, 0.2) is 0 Å². The van der Waals surface area contributed by atoms with Crippen LogP contribution in [0.1, 0.15) is 55.5 Å². The van der Waals surface area contributed by atoms with Crippen LogP contribution in [-0.2, 0) is 52.9 Å². The van der Waals surface area contributed by atoms with E-state index in [9.17, 15) is 28.8 Å². The van der Waals surface area contributed by atoms with Crippen molar-refractivity contribution in [2.45, 2.75) is 76.4 Å². The number of rotatable bonds is 17. The number of primary amides is 1. The zero-order valence-corrected chi connectivity index (χ0v) is 35.6. The van der Waals surface area contributed by atoms with Crippen molar-refractivity contribution in [3.8, 4) is 0 Å². The van der Waals surface area contributed by atoms with Crippen molar-refractivity contribution in [3.05, 3.63) is 156 Å². The number of aromatic nitrogens is 1. The Morgan fingerprint density at radius 3 is 1.97 bits per heavy atom. The monoisotopic (exact) mass is 852 g/mol. The molecule has 0 saturated carbocycles. The molecule has 4 atom stereocenters. The summed E-state index contributed by atoms with van der Waals surface area (Å²) < 4.78 is 11.1. The molecule has 1 aromatic heterocycles. The predicted octanol–water partition coefficient (Wildman–Crippen LogP) is 5.79. The van der Waals surface area contributed by atoms with Crippen molar-refractivity contribution >= 4 is 57.4 Å². The van der Waals surface area contributed by atoms with Crippen LogP contribution in [-0.4, -0.2) is 76.3 Å². The Morgan fingerprint density at radius 2 is 1.27 bits per heavy atom. The van der Waals surface area contributed by atoms with Crippen molar-refractivity contribution in [2.75, 3.05) is 7.05 Å². The molecule has 6 aromatic rings. The lowest BCUT2D eigenvalue weighted by Gasteiger charge is -2.32. The number of likely N-dealkylation sites (N-methyl/N-ethyl adjacent to an activating group) is 1. The molecule has 0 spiro atoms. The van der Waals surface area contributed by atoms with Crippen molar-refractivity contribution in [3.63, 3.8) is 0 Å². The summed E-state index contributed by atoms with van der Waals surface area (Å²) in [4.78, 5) is 87.6. The Morgan fingerprint density at radius 1 is 0.667 bits per heavy atom. The minimum Gasteiger partial charge on any atom is -0.461 e. The largest absolute Gasteiger partial charge is 0.461 e. The standard InChI is InChI=1S/C49H52N6O8/c1-49(2,3)63-48(61)54-41(27-35-29-51-38-25-14-13-24-37(35)38)47(60)55(4)43(33-19-9-6-10-20-33)46(59)53-40(28-42(56)62-30-31-16-7-5-8-17-31)45(58)52-39(44(50)57)26-34-22-15-21-32-18-11-12-23-36(32)34/h5-25,29,39-41,43,51H,26-28,30H2,1-4H3,(H2,50,57)(H,52,58)(H,53,59)(H,54,61)/t39-,40-,41-,43-/m0/s1. The van der Waals surface area contributed by atoms with Crippen molar-refractivity contribution in [1.82, 2.24) is 25.8 Å². The number of esters is 1. The van der Waals surface area contributed by atoms with Crippen LogP contribution >= 0.6 is 0 Å². The van der Waals surface area contributed by atoms with Gasteiger partial charge in [0.2, 0.25) is 23.6 Å². The Balaban J connectivity index is 1.30. The van der Waals surface area contributed by atoms with Gasteiger partial charge in [-0.2, -0.15) is 0 Å². The molecular weight excluding hydrogens is 801 g/mol. The zero-order valence-electron chi connectivity index (χ0n) is 35.6. The summed E-state index contributed by atoms with van der Waals surface area (Å²) in [6.45, 7) is 5.00. The number of nitrogens with one attached hydrogen (secondary N) is 4. The van der Waals surface area contributed by atoms with Crippen molar-refractivity contribution < 1.29 is 38.2 Å². The summed E-state index contributed by atoms with van der Waals surface area (Å²) in [5, 5.41) is 10.7. The maximum Gasteiger partial charge on any atom is 0.408 e. The molecule has 0 fully saturated rings. The number of ether oxygens (including phenoxy) is 2. The molecule has 0 radical (unpaired) electrons. The zero-order chi connectivity index (χ0) is 45.1. The third-order valence-electron chi connectivity index (χ3n) is 10.4.